The number of hydrogen-bond acceptors (Lipinski definition) is 6. The molecule has 108 valence electrons. The summed E-state index contributed by atoms with van der Waals surface area (Å²) in [6.45, 7) is 2.33. The molecule has 0 atom stereocenters. The SMILES string of the molecule is COCc1c(Cl)nnc(Nc2nc3ccccc3s2)c1C. The van der Waals surface area contributed by atoms with Crippen LogP contribution in [0.15, 0.2) is 24.3 Å². The van der Waals surface area contributed by atoms with Crippen molar-refractivity contribution in [3.05, 3.63) is 40.5 Å². The van der Waals surface area contributed by atoms with Gasteiger partial charge in [0.15, 0.2) is 16.1 Å². The van der Waals surface area contributed by atoms with Crippen molar-refractivity contribution >= 4 is 44.1 Å². The number of aromatic nitrogens is 3. The Hall–Kier alpha value is -1.76. The normalized spacial score (nSPS) is 11.0. The third-order valence-electron chi connectivity index (χ3n) is 3.10. The second-order valence-corrected chi connectivity index (χ2v) is 5.88. The summed E-state index contributed by atoms with van der Waals surface area (Å²) in [7, 11) is 1.62. The lowest BCUT2D eigenvalue weighted by Crippen LogP contribution is -2.04. The van der Waals surface area contributed by atoms with E-state index in [0.29, 0.717) is 17.6 Å². The highest BCUT2D eigenvalue weighted by atomic mass is 35.5. The van der Waals surface area contributed by atoms with Gasteiger partial charge in [-0.3, -0.25) is 0 Å². The van der Waals surface area contributed by atoms with Crippen molar-refractivity contribution in [1.29, 1.82) is 0 Å². The van der Waals surface area contributed by atoms with Crippen LogP contribution in [0.4, 0.5) is 10.9 Å². The van der Waals surface area contributed by atoms with E-state index in [-0.39, 0.29) is 0 Å². The van der Waals surface area contributed by atoms with Gasteiger partial charge in [0.2, 0.25) is 0 Å². The number of fused-ring (bicyclic) bond motifs is 1. The van der Waals surface area contributed by atoms with E-state index in [9.17, 15) is 0 Å². The number of ether oxygens (including phenoxy) is 1. The second-order valence-electron chi connectivity index (χ2n) is 4.49. The molecule has 0 saturated carbocycles. The van der Waals surface area contributed by atoms with E-state index in [1.807, 2.05) is 31.2 Å². The van der Waals surface area contributed by atoms with E-state index >= 15 is 0 Å². The summed E-state index contributed by atoms with van der Waals surface area (Å²) in [6, 6.07) is 7.98. The maximum absolute atomic E-state index is 6.05. The molecule has 0 saturated heterocycles. The molecule has 0 aliphatic rings. The number of halogens is 1. The van der Waals surface area contributed by atoms with Gasteiger partial charge in [-0.25, -0.2) is 4.98 Å². The number of rotatable bonds is 4. The number of methoxy groups -OCH3 is 1. The predicted octanol–water partition coefficient (Wildman–Crippen LogP) is 3.94. The Morgan fingerprint density at radius 3 is 2.86 bits per heavy atom. The number of nitrogens with zero attached hydrogens (tertiary/aromatic N) is 3. The summed E-state index contributed by atoms with van der Waals surface area (Å²) in [6.07, 6.45) is 0. The Morgan fingerprint density at radius 1 is 1.29 bits per heavy atom. The fraction of sp³-hybridized carbons (Fsp3) is 0.214. The molecule has 2 heterocycles. The topological polar surface area (TPSA) is 59.9 Å². The van der Waals surface area contributed by atoms with Crippen LogP contribution in [0, 0.1) is 6.92 Å². The molecular formula is C14H13ClN4OS. The molecule has 21 heavy (non-hydrogen) atoms. The van der Waals surface area contributed by atoms with E-state index in [4.69, 9.17) is 16.3 Å². The summed E-state index contributed by atoms with van der Waals surface area (Å²) < 4.78 is 6.27. The molecule has 0 amide bonds. The third kappa shape index (κ3) is 2.83. The molecule has 0 aliphatic heterocycles. The molecule has 0 fully saturated rings. The molecule has 0 aliphatic carbocycles. The standard InChI is InChI=1S/C14H13ClN4OS/c1-8-9(7-20-2)12(15)18-19-13(8)17-14-16-10-5-3-4-6-11(10)21-14/h3-6H,7H2,1-2H3,(H,16,17,19). The largest absolute Gasteiger partial charge is 0.380 e. The van der Waals surface area contributed by atoms with Gasteiger partial charge in [0.25, 0.3) is 0 Å². The molecule has 0 radical (unpaired) electrons. The van der Waals surface area contributed by atoms with E-state index in [0.717, 1.165) is 26.5 Å². The lowest BCUT2D eigenvalue weighted by Gasteiger charge is -2.10. The second kappa shape index (κ2) is 5.93. The molecule has 5 nitrogen and oxygen atoms in total. The zero-order valence-electron chi connectivity index (χ0n) is 11.6. The highest BCUT2D eigenvalue weighted by Crippen LogP contribution is 2.30. The number of benzene rings is 1. The summed E-state index contributed by atoms with van der Waals surface area (Å²) in [5.41, 5.74) is 2.70. The Labute approximate surface area is 130 Å². The first kappa shape index (κ1) is 14.2. The number of hydrogen-bond donors (Lipinski definition) is 1. The molecular weight excluding hydrogens is 308 g/mol. The average molecular weight is 321 g/mol. The lowest BCUT2D eigenvalue weighted by atomic mass is 10.2. The van der Waals surface area contributed by atoms with Crippen molar-refractivity contribution in [2.45, 2.75) is 13.5 Å². The summed E-state index contributed by atoms with van der Waals surface area (Å²) in [5, 5.41) is 12.4. The van der Waals surface area contributed by atoms with Crippen molar-refractivity contribution in [2.75, 3.05) is 12.4 Å². The molecule has 0 unspecified atom stereocenters. The number of para-hydroxylation sites is 1. The summed E-state index contributed by atoms with van der Waals surface area (Å²) >= 11 is 7.62. The highest BCUT2D eigenvalue weighted by Gasteiger charge is 2.13. The van der Waals surface area contributed by atoms with Gasteiger partial charge in [-0.1, -0.05) is 35.1 Å². The first-order valence-corrected chi connectivity index (χ1v) is 7.51. The summed E-state index contributed by atoms with van der Waals surface area (Å²) in [5.74, 6) is 0.644. The van der Waals surface area contributed by atoms with E-state index < -0.39 is 0 Å². The van der Waals surface area contributed by atoms with Gasteiger partial charge in [0.05, 0.1) is 16.8 Å². The number of anilines is 2. The molecule has 3 aromatic rings. The van der Waals surface area contributed by atoms with Gasteiger partial charge in [-0.05, 0) is 19.1 Å². The summed E-state index contributed by atoms with van der Waals surface area (Å²) in [4.78, 5) is 4.52. The molecule has 3 rings (SSSR count). The van der Waals surface area contributed by atoms with Crippen molar-refractivity contribution in [2.24, 2.45) is 0 Å². The van der Waals surface area contributed by atoms with Crippen LogP contribution in [0.5, 0.6) is 0 Å². The van der Waals surface area contributed by atoms with Crippen LogP contribution in [-0.2, 0) is 11.3 Å². The predicted molar refractivity (Wildman–Crippen MR) is 85.4 cm³/mol. The Kier molecular flexibility index (Phi) is 4.01. The van der Waals surface area contributed by atoms with Crippen molar-refractivity contribution in [1.82, 2.24) is 15.2 Å². The minimum absolute atomic E-state index is 0.365. The van der Waals surface area contributed by atoms with Crippen LogP contribution in [0.2, 0.25) is 5.15 Å². The van der Waals surface area contributed by atoms with Gasteiger partial charge in [0, 0.05) is 18.2 Å². The molecule has 1 aromatic carbocycles. The van der Waals surface area contributed by atoms with Gasteiger partial charge in [0.1, 0.15) is 0 Å². The first-order valence-electron chi connectivity index (χ1n) is 6.32. The number of nitrogens with one attached hydrogen (secondary N) is 1. The van der Waals surface area contributed by atoms with Crippen LogP contribution < -0.4 is 5.32 Å². The quantitative estimate of drug-likeness (QED) is 0.789. The zero-order chi connectivity index (χ0) is 14.8. The fourth-order valence-electron chi connectivity index (χ4n) is 1.98. The smallest absolute Gasteiger partial charge is 0.189 e. The minimum Gasteiger partial charge on any atom is -0.380 e. The van der Waals surface area contributed by atoms with Gasteiger partial charge in [-0.15, -0.1) is 10.2 Å². The molecule has 2 aromatic heterocycles. The maximum atomic E-state index is 6.05. The van der Waals surface area contributed by atoms with E-state index in [2.05, 4.69) is 20.5 Å². The van der Waals surface area contributed by atoms with Crippen LogP contribution in [0.3, 0.4) is 0 Å². The Morgan fingerprint density at radius 2 is 2.10 bits per heavy atom. The molecule has 7 heteroatoms. The lowest BCUT2D eigenvalue weighted by molar-refractivity contribution is 0.184. The van der Waals surface area contributed by atoms with Crippen LogP contribution in [-0.4, -0.2) is 22.3 Å². The van der Waals surface area contributed by atoms with Crippen molar-refractivity contribution in [3.8, 4) is 0 Å². The van der Waals surface area contributed by atoms with Crippen molar-refractivity contribution < 1.29 is 4.74 Å². The Bertz CT molecular complexity index is 757. The van der Waals surface area contributed by atoms with Gasteiger partial charge < -0.3 is 10.1 Å². The average Bonchev–Trinajstić information content (AvgIpc) is 2.89. The highest BCUT2D eigenvalue weighted by molar-refractivity contribution is 7.22. The monoisotopic (exact) mass is 320 g/mol. The third-order valence-corrected chi connectivity index (χ3v) is 4.36. The maximum Gasteiger partial charge on any atom is 0.189 e. The van der Waals surface area contributed by atoms with Crippen molar-refractivity contribution in [3.63, 3.8) is 0 Å². The first-order chi connectivity index (χ1) is 10.2. The minimum atomic E-state index is 0.365. The van der Waals surface area contributed by atoms with E-state index in [1.165, 1.54) is 0 Å². The zero-order valence-corrected chi connectivity index (χ0v) is 13.1. The van der Waals surface area contributed by atoms with Crippen LogP contribution >= 0.6 is 22.9 Å². The van der Waals surface area contributed by atoms with Gasteiger partial charge >= 0.3 is 0 Å². The fourth-order valence-corrected chi connectivity index (χ4v) is 3.08. The van der Waals surface area contributed by atoms with E-state index in [1.54, 1.807) is 18.4 Å². The van der Waals surface area contributed by atoms with Crippen LogP contribution in [0.25, 0.3) is 10.2 Å². The molecule has 1 N–H and O–H groups in total. The molecule has 0 bridgehead atoms. The Balaban J connectivity index is 1.95. The molecule has 0 spiro atoms. The van der Waals surface area contributed by atoms with Crippen LogP contribution in [0.1, 0.15) is 11.1 Å². The van der Waals surface area contributed by atoms with Gasteiger partial charge in [-0.2, -0.15) is 0 Å². The number of thiazole rings is 1.